The van der Waals surface area contributed by atoms with E-state index in [9.17, 15) is 4.79 Å². The summed E-state index contributed by atoms with van der Waals surface area (Å²) in [6.45, 7) is 9.87. The van der Waals surface area contributed by atoms with Gasteiger partial charge in [-0.15, -0.1) is 0 Å². The number of amides is 1. The second-order valence-electron chi connectivity index (χ2n) is 6.99. The molecule has 1 heterocycles. The Morgan fingerprint density at radius 2 is 1.83 bits per heavy atom. The van der Waals surface area contributed by atoms with Gasteiger partial charge in [0, 0.05) is 6.54 Å². The Hall–Kier alpha value is -1.57. The number of hydrogen-bond donors (Lipinski definition) is 2. The van der Waals surface area contributed by atoms with Crippen molar-refractivity contribution in [2.75, 3.05) is 20.3 Å². The van der Waals surface area contributed by atoms with Crippen LogP contribution in [0.25, 0.3) is 0 Å². The smallest absolute Gasteiger partial charge is 0.494 e. The van der Waals surface area contributed by atoms with Crippen LogP contribution >= 0.6 is 0 Å². The number of hydrogen-bond acceptors (Lipinski definition) is 5. The summed E-state index contributed by atoms with van der Waals surface area (Å²) in [5.74, 6) is 0.202. The van der Waals surface area contributed by atoms with Crippen molar-refractivity contribution in [2.45, 2.75) is 45.8 Å². The number of nitrogens with one attached hydrogen (secondary N) is 1. The van der Waals surface area contributed by atoms with Gasteiger partial charge in [-0.05, 0) is 51.7 Å². The van der Waals surface area contributed by atoms with Crippen LogP contribution in [0.2, 0.25) is 0 Å². The third-order valence-electron chi connectivity index (χ3n) is 4.67. The Bertz CT molecular complexity index is 614. The molecule has 24 heavy (non-hydrogen) atoms. The van der Waals surface area contributed by atoms with Crippen LogP contribution in [0.1, 0.15) is 43.6 Å². The van der Waals surface area contributed by atoms with Crippen molar-refractivity contribution in [3.63, 3.8) is 0 Å². The van der Waals surface area contributed by atoms with Crippen molar-refractivity contribution in [1.29, 1.82) is 0 Å². The summed E-state index contributed by atoms with van der Waals surface area (Å²) in [6.07, 6.45) is 0. The van der Waals surface area contributed by atoms with Crippen molar-refractivity contribution in [1.82, 2.24) is 5.32 Å². The molecular weight excluding hydrogens is 309 g/mol. The van der Waals surface area contributed by atoms with Gasteiger partial charge in [0.1, 0.15) is 5.75 Å². The maximum atomic E-state index is 12.4. The number of methoxy groups -OCH3 is 1. The molecule has 0 unspecified atom stereocenters. The molecule has 2 N–H and O–H groups in total. The SMILES string of the molecule is COc1c(C)cc(B2OC(C)(C)C(C)(C)O2)cc1C(=O)NCCO. The van der Waals surface area contributed by atoms with E-state index in [1.54, 1.807) is 6.07 Å². The van der Waals surface area contributed by atoms with Gasteiger partial charge in [0.05, 0.1) is 30.5 Å². The first-order valence-corrected chi connectivity index (χ1v) is 8.06. The molecule has 0 spiro atoms. The maximum Gasteiger partial charge on any atom is 0.494 e. The van der Waals surface area contributed by atoms with Gasteiger partial charge in [-0.25, -0.2) is 0 Å². The zero-order chi connectivity index (χ0) is 18.1. The second kappa shape index (κ2) is 6.74. The van der Waals surface area contributed by atoms with Crippen LogP contribution in [0.3, 0.4) is 0 Å². The Morgan fingerprint density at radius 3 is 2.33 bits per heavy atom. The summed E-state index contributed by atoms with van der Waals surface area (Å²) in [5.41, 5.74) is 1.07. The van der Waals surface area contributed by atoms with Gasteiger partial charge in [0.15, 0.2) is 0 Å². The average molecular weight is 335 g/mol. The topological polar surface area (TPSA) is 77.0 Å². The van der Waals surface area contributed by atoms with E-state index >= 15 is 0 Å². The van der Waals surface area contributed by atoms with E-state index in [1.165, 1.54) is 7.11 Å². The molecule has 0 atom stereocenters. The highest BCUT2D eigenvalue weighted by Crippen LogP contribution is 2.37. The molecule has 0 aromatic heterocycles. The Labute approximate surface area is 143 Å². The summed E-state index contributed by atoms with van der Waals surface area (Å²) in [5, 5.41) is 11.5. The molecule has 0 bridgehead atoms. The minimum absolute atomic E-state index is 0.121. The minimum Gasteiger partial charge on any atom is -0.496 e. The fourth-order valence-corrected chi connectivity index (χ4v) is 2.62. The molecule has 7 heteroatoms. The largest absolute Gasteiger partial charge is 0.496 e. The van der Waals surface area contributed by atoms with Crippen LogP contribution in [0.4, 0.5) is 0 Å². The molecule has 1 aromatic carbocycles. The highest BCUT2D eigenvalue weighted by Gasteiger charge is 2.51. The van der Waals surface area contributed by atoms with E-state index in [4.69, 9.17) is 19.2 Å². The first-order valence-electron chi connectivity index (χ1n) is 8.06. The molecule has 1 aliphatic rings. The number of ether oxygens (including phenoxy) is 1. The lowest BCUT2D eigenvalue weighted by Crippen LogP contribution is -2.41. The number of benzene rings is 1. The van der Waals surface area contributed by atoms with Gasteiger partial charge >= 0.3 is 7.12 Å². The van der Waals surface area contributed by atoms with Crippen molar-refractivity contribution in [3.8, 4) is 5.75 Å². The monoisotopic (exact) mass is 335 g/mol. The van der Waals surface area contributed by atoms with Gasteiger partial charge in [-0.1, -0.05) is 6.07 Å². The van der Waals surface area contributed by atoms with E-state index in [0.717, 1.165) is 11.0 Å². The molecule has 2 rings (SSSR count). The standard InChI is InChI=1S/C17H26BNO5/c1-11-9-12(18-23-16(2,3)17(4,5)24-18)10-13(14(11)22-6)15(21)19-7-8-20/h9-10,20H,7-8H2,1-6H3,(H,19,21). The first-order chi connectivity index (χ1) is 11.1. The molecule has 6 nitrogen and oxygen atoms in total. The zero-order valence-electron chi connectivity index (χ0n) is 15.2. The minimum atomic E-state index is -0.552. The van der Waals surface area contributed by atoms with Crippen molar-refractivity contribution < 1.29 is 23.9 Å². The van der Waals surface area contributed by atoms with E-state index < -0.39 is 18.3 Å². The Balaban J connectivity index is 2.39. The van der Waals surface area contributed by atoms with Crippen LogP contribution in [0.5, 0.6) is 5.75 Å². The molecule has 0 saturated carbocycles. The lowest BCUT2D eigenvalue weighted by Gasteiger charge is -2.32. The Kier molecular flexibility index (Phi) is 5.27. The van der Waals surface area contributed by atoms with Crippen LogP contribution in [0.15, 0.2) is 12.1 Å². The highest BCUT2D eigenvalue weighted by molar-refractivity contribution is 6.62. The molecule has 1 aliphatic heterocycles. The third-order valence-corrected chi connectivity index (χ3v) is 4.67. The molecular formula is C17H26BNO5. The molecule has 1 fully saturated rings. The van der Waals surface area contributed by atoms with Crippen LogP contribution in [0, 0.1) is 6.92 Å². The van der Waals surface area contributed by atoms with Crippen LogP contribution in [-0.2, 0) is 9.31 Å². The number of aryl methyl sites for hydroxylation is 1. The van der Waals surface area contributed by atoms with Crippen molar-refractivity contribution >= 4 is 18.5 Å². The van der Waals surface area contributed by atoms with E-state index in [1.807, 2.05) is 40.7 Å². The van der Waals surface area contributed by atoms with Gasteiger partial charge < -0.3 is 24.5 Å². The highest BCUT2D eigenvalue weighted by atomic mass is 16.7. The number of rotatable bonds is 5. The normalized spacial score (nSPS) is 18.5. The lowest BCUT2D eigenvalue weighted by molar-refractivity contribution is 0.00578. The lowest BCUT2D eigenvalue weighted by atomic mass is 9.77. The molecule has 0 radical (unpaired) electrons. The fourth-order valence-electron chi connectivity index (χ4n) is 2.62. The number of aliphatic hydroxyl groups excluding tert-OH is 1. The summed E-state index contributed by atoms with van der Waals surface area (Å²) < 4.78 is 17.5. The predicted molar refractivity (Wildman–Crippen MR) is 92.9 cm³/mol. The maximum absolute atomic E-state index is 12.4. The molecule has 0 aliphatic carbocycles. The van der Waals surface area contributed by atoms with Gasteiger partial charge in [-0.3, -0.25) is 4.79 Å². The molecule has 1 amide bonds. The van der Waals surface area contributed by atoms with E-state index in [-0.39, 0.29) is 19.1 Å². The third kappa shape index (κ3) is 3.43. The summed E-state index contributed by atoms with van der Waals surface area (Å²) in [7, 11) is 0.976. The van der Waals surface area contributed by atoms with Crippen molar-refractivity contribution in [2.24, 2.45) is 0 Å². The van der Waals surface area contributed by atoms with Gasteiger partial charge in [0.2, 0.25) is 0 Å². The molecule has 1 saturated heterocycles. The van der Waals surface area contributed by atoms with E-state index in [2.05, 4.69) is 5.32 Å². The van der Waals surface area contributed by atoms with Gasteiger partial charge in [0.25, 0.3) is 5.91 Å². The fraction of sp³-hybridized carbons (Fsp3) is 0.588. The summed E-state index contributed by atoms with van der Waals surface area (Å²) in [4.78, 5) is 12.4. The molecule has 132 valence electrons. The van der Waals surface area contributed by atoms with Crippen LogP contribution in [-0.4, -0.2) is 49.6 Å². The van der Waals surface area contributed by atoms with E-state index in [0.29, 0.717) is 11.3 Å². The first kappa shape index (κ1) is 18.8. The number of aliphatic hydroxyl groups is 1. The number of carbonyl (C=O) groups is 1. The van der Waals surface area contributed by atoms with Crippen LogP contribution < -0.4 is 15.5 Å². The Morgan fingerprint density at radius 1 is 1.25 bits per heavy atom. The number of carbonyl (C=O) groups excluding carboxylic acids is 1. The summed E-state index contributed by atoms with van der Waals surface area (Å²) >= 11 is 0. The molecule has 1 aromatic rings. The quantitative estimate of drug-likeness (QED) is 0.786. The second-order valence-corrected chi connectivity index (χ2v) is 6.99. The van der Waals surface area contributed by atoms with Crippen molar-refractivity contribution in [3.05, 3.63) is 23.3 Å². The predicted octanol–water partition coefficient (Wildman–Crippen LogP) is 1.02. The zero-order valence-corrected chi connectivity index (χ0v) is 15.2. The summed E-state index contributed by atoms with van der Waals surface area (Å²) in [6, 6.07) is 3.63. The average Bonchev–Trinajstić information content (AvgIpc) is 2.72. The van der Waals surface area contributed by atoms with Gasteiger partial charge in [-0.2, -0.15) is 0 Å².